The number of halogens is 4. The summed E-state index contributed by atoms with van der Waals surface area (Å²) >= 11 is 0. The van der Waals surface area contributed by atoms with Crippen LogP contribution in [0.1, 0.15) is 5.56 Å². The molecule has 0 radical (unpaired) electrons. The van der Waals surface area contributed by atoms with Crippen LogP contribution >= 0.6 is 0 Å². The maximum atomic E-state index is 13.3. The summed E-state index contributed by atoms with van der Waals surface area (Å²) in [6.07, 6.45) is -2.19. The summed E-state index contributed by atoms with van der Waals surface area (Å²) in [7, 11) is 0. The largest absolute Gasteiger partial charge is 0.573 e. The molecule has 96 valence electrons. The van der Waals surface area contributed by atoms with Crippen LogP contribution in [0.4, 0.5) is 17.6 Å². The molecule has 0 spiro atoms. The van der Waals surface area contributed by atoms with Crippen molar-refractivity contribution >= 4 is 6.08 Å². The SMILES string of the molecule is [N-]=[N+]=NCC=Cc1ccc(OC(F)(F)F)cc1F. The van der Waals surface area contributed by atoms with Crippen molar-refractivity contribution in [2.24, 2.45) is 5.11 Å². The van der Waals surface area contributed by atoms with E-state index in [2.05, 4.69) is 14.8 Å². The average Bonchev–Trinajstić information content (AvgIpc) is 2.24. The normalized spacial score (nSPS) is 11.3. The maximum absolute atomic E-state index is 13.3. The highest BCUT2D eigenvalue weighted by molar-refractivity contribution is 5.51. The fraction of sp³-hybridized carbons (Fsp3) is 0.200. The van der Waals surface area contributed by atoms with Gasteiger partial charge in [0, 0.05) is 23.1 Å². The Morgan fingerprint density at radius 3 is 2.67 bits per heavy atom. The molecule has 0 saturated heterocycles. The van der Waals surface area contributed by atoms with Crippen molar-refractivity contribution in [1.82, 2.24) is 0 Å². The van der Waals surface area contributed by atoms with Gasteiger partial charge in [-0.05, 0) is 17.7 Å². The monoisotopic (exact) mass is 261 g/mol. The summed E-state index contributed by atoms with van der Waals surface area (Å²) in [5.41, 5.74) is 8.06. The molecule has 0 aliphatic heterocycles. The third kappa shape index (κ3) is 4.75. The van der Waals surface area contributed by atoms with Crippen LogP contribution in [0.5, 0.6) is 5.75 Å². The Hall–Kier alpha value is -2.21. The molecule has 0 heterocycles. The van der Waals surface area contributed by atoms with Crippen molar-refractivity contribution in [3.63, 3.8) is 0 Å². The van der Waals surface area contributed by atoms with Gasteiger partial charge in [-0.3, -0.25) is 0 Å². The first-order valence-corrected chi connectivity index (χ1v) is 4.65. The van der Waals surface area contributed by atoms with Crippen molar-refractivity contribution in [1.29, 1.82) is 0 Å². The van der Waals surface area contributed by atoms with E-state index in [9.17, 15) is 17.6 Å². The Labute approximate surface area is 99.1 Å². The molecule has 0 aliphatic rings. The second-order valence-corrected chi connectivity index (χ2v) is 3.05. The Morgan fingerprint density at radius 2 is 2.11 bits per heavy atom. The average molecular weight is 261 g/mol. The van der Waals surface area contributed by atoms with Gasteiger partial charge in [0.15, 0.2) is 0 Å². The van der Waals surface area contributed by atoms with Crippen molar-refractivity contribution in [2.45, 2.75) is 6.36 Å². The van der Waals surface area contributed by atoms with Crippen LogP contribution in [0.2, 0.25) is 0 Å². The highest BCUT2D eigenvalue weighted by Crippen LogP contribution is 2.24. The number of alkyl halides is 3. The number of hydrogen-bond donors (Lipinski definition) is 0. The van der Waals surface area contributed by atoms with Crippen molar-refractivity contribution < 1.29 is 22.3 Å². The van der Waals surface area contributed by atoms with Crippen LogP contribution in [-0.4, -0.2) is 12.9 Å². The lowest BCUT2D eigenvalue weighted by atomic mass is 10.2. The Balaban J connectivity index is 2.79. The topological polar surface area (TPSA) is 58.0 Å². The van der Waals surface area contributed by atoms with Crippen LogP contribution in [0.3, 0.4) is 0 Å². The lowest BCUT2D eigenvalue weighted by Crippen LogP contribution is -2.17. The number of ether oxygens (including phenoxy) is 1. The van der Waals surface area contributed by atoms with E-state index in [1.807, 2.05) is 0 Å². The van der Waals surface area contributed by atoms with Gasteiger partial charge in [-0.1, -0.05) is 17.3 Å². The van der Waals surface area contributed by atoms with Crippen LogP contribution in [0.15, 0.2) is 29.4 Å². The minimum absolute atomic E-state index is 0.0245. The first kappa shape index (κ1) is 13.9. The fourth-order valence-electron chi connectivity index (χ4n) is 1.10. The van der Waals surface area contributed by atoms with E-state index in [0.29, 0.717) is 6.07 Å². The van der Waals surface area contributed by atoms with Crippen molar-refractivity contribution in [2.75, 3.05) is 6.54 Å². The summed E-state index contributed by atoms with van der Waals surface area (Å²) in [5, 5.41) is 3.18. The number of benzene rings is 1. The van der Waals surface area contributed by atoms with Crippen molar-refractivity contribution in [3.05, 3.63) is 46.1 Å². The van der Waals surface area contributed by atoms with E-state index in [-0.39, 0.29) is 12.1 Å². The Morgan fingerprint density at radius 1 is 1.39 bits per heavy atom. The molecule has 1 aromatic rings. The molecule has 4 nitrogen and oxygen atoms in total. The quantitative estimate of drug-likeness (QED) is 0.349. The zero-order chi connectivity index (χ0) is 13.6. The number of nitrogens with zero attached hydrogens (tertiary/aromatic N) is 3. The van der Waals surface area contributed by atoms with E-state index < -0.39 is 17.9 Å². The number of hydrogen-bond acceptors (Lipinski definition) is 2. The molecule has 0 aliphatic carbocycles. The highest BCUT2D eigenvalue weighted by Gasteiger charge is 2.31. The second kappa shape index (κ2) is 5.92. The van der Waals surface area contributed by atoms with E-state index >= 15 is 0 Å². The molecule has 0 saturated carbocycles. The van der Waals surface area contributed by atoms with Crippen LogP contribution in [-0.2, 0) is 0 Å². The molecule has 8 heteroatoms. The van der Waals surface area contributed by atoms with Gasteiger partial charge in [0.2, 0.25) is 0 Å². The van der Waals surface area contributed by atoms with Crippen molar-refractivity contribution in [3.8, 4) is 5.75 Å². The maximum Gasteiger partial charge on any atom is 0.573 e. The minimum Gasteiger partial charge on any atom is -0.406 e. The fourth-order valence-corrected chi connectivity index (χ4v) is 1.10. The van der Waals surface area contributed by atoms with Crippen LogP contribution in [0, 0.1) is 5.82 Å². The lowest BCUT2D eigenvalue weighted by molar-refractivity contribution is -0.274. The molecule has 0 N–H and O–H groups in total. The number of rotatable bonds is 4. The first-order chi connectivity index (χ1) is 8.42. The summed E-state index contributed by atoms with van der Waals surface area (Å²) < 4.78 is 52.4. The van der Waals surface area contributed by atoms with Gasteiger partial charge in [0.25, 0.3) is 0 Å². The van der Waals surface area contributed by atoms with Crippen LogP contribution < -0.4 is 4.74 Å². The number of azide groups is 1. The van der Waals surface area contributed by atoms with Gasteiger partial charge in [0.1, 0.15) is 11.6 Å². The van der Waals surface area contributed by atoms with Gasteiger partial charge >= 0.3 is 6.36 Å². The molecule has 1 aromatic carbocycles. The first-order valence-electron chi connectivity index (χ1n) is 4.65. The van der Waals surface area contributed by atoms with Crippen LogP contribution in [0.25, 0.3) is 16.5 Å². The van der Waals surface area contributed by atoms with E-state index in [0.717, 1.165) is 12.1 Å². The molecule has 0 fully saturated rings. The van der Waals surface area contributed by atoms with E-state index in [1.165, 1.54) is 12.2 Å². The van der Waals surface area contributed by atoms with Gasteiger partial charge in [-0.15, -0.1) is 13.2 Å². The molecule has 0 atom stereocenters. The minimum atomic E-state index is -4.86. The predicted molar refractivity (Wildman–Crippen MR) is 56.1 cm³/mol. The molecular weight excluding hydrogens is 254 g/mol. The van der Waals surface area contributed by atoms with E-state index in [4.69, 9.17) is 5.53 Å². The van der Waals surface area contributed by atoms with Gasteiger partial charge in [0.05, 0.1) is 0 Å². The highest BCUT2D eigenvalue weighted by atomic mass is 19.4. The summed E-state index contributed by atoms with van der Waals surface area (Å²) in [4.78, 5) is 2.48. The third-order valence-electron chi connectivity index (χ3n) is 1.75. The van der Waals surface area contributed by atoms with Gasteiger partial charge in [-0.25, -0.2) is 4.39 Å². The Bertz CT molecular complexity index is 492. The summed E-state index contributed by atoms with van der Waals surface area (Å²) in [6.45, 7) is 0.0245. The lowest BCUT2D eigenvalue weighted by Gasteiger charge is -2.09. The predicted octanol–water partition coefficient (Wildman–Crippen LogP) is 4.05. The molecule has 1 rings (SSSR count). The molecule has 0 amide bonds. The second-order valence-electron chi connectivity index (χ2n) is 3.05. The van der Waals surface area contributed by atoms with Gasteiger partial charge in [-0.2, -0.15) is 0 Å². The third-order valence-corrected chi connectivity index (χ3v) is 1.75. The Kier molecular flexibility index (Phi) is 4.56. The summed E-state index contributed by atoms with van der Waals surface area (Å²) in [5.74, 6) is -1.50. The summed E-state index contributed by atoms with van der Waals surface area (Å²) in [6, 6.07) is 2.74. The molecule has 0 aromatic heterocycles. The molecule has 0 bridgehead atoms. The standard InChI is InChI=1S/C10H7F4N3O/c11-9-6-8(18-10(12,13)14)4-3-7(9)2-1-5-16-17-15/h1-4,6H,5H2. The smallest absolute Gasteiger partial charge is 0.406 e. The molecular formula is C10H7F4N3O. The van der Waals surface area contributed by atoms with E-state index in [1.54, 1.807) is 0 Å². The molecule has 18 heavy (non-hydrogen) atoms. The zero-order valence-corrected chi connectivity index (χ0v) is 8.86. The molecule has 0 unspecified atom stereocenters. The van der Waals surface area contributed by atoms with Gasteiger partial charge < -0.3 is 4.74 Å². The zero-order valence-electron chi connectivity index (χ0n) is 8.86.